The zero-order valence-corrected chi connectivity index (χ0v) is 11.5. The van der Waals surface area contributed by atoms with Gasteiger partial charge in [0.05, 0.1) is 0 Å². The van der Waals surface area contributed by atoms with Crippen LogP contribution in [0.5, 0.6) is 5.75 Å². The Morgan fingerprint density at radius 3 is 2.47 bits per heavy atom. The quantitative estimate of drug-likeness (QED) is 0.485. The summed E-state index contributed by atoms with van der Waals surface area (Å²) in [5.74, 6) is -0.128. The number of halogens is 3. The highest BCUT2D eigenvalue weighted by Gasteiger charge is 2.37. The number of rotatable bonds is 3. The van der Waals surface area contributed by atoms with Crippen LogP contribution in [0, 0.1) is 6.92 Å². The van der Waals surface area contributed by atoms with E-state index in [0.29, 0.717) is 5.75 Å². The normalized spacial score (nSPS) is 13.0. The van der Waals surface area contributed by atoms with Gasteiger partial charge in [-0.3, -0.25) is 4.79 Å². The molecule has 0 amide bonds. The van der Waals surface area contributed by atoms with Gasteiger partial charge >= 0.3 is 5.97 Å². The van der Waals surface area contributed by atoms with Crippen molar-refractivity contribution in [3.63, 3.8) is 0 Å². The molecule has 6 heteroatoms. The highest BCUT2D eigenvalue weighted by molar-refractivity contribution is 6.68. The molecule has 0 fully saturated rings. The summed E-state index contributed by atoms with van der Waals surface area (Å²) in [6.45, 7) is 3.10. The third kappa shape index (κ3) is 5.02. The molecule has 0 radical (unpaired) electrons. The first kappa shape index (κ1) is 14.4. The number of carbonyl (C=O) groups is 1. The number of benzene rings is 1. The Morgan fingerprint density at radius 2 is 2.00 bits per heavy atom. The Hall–Kier alpha value is -0.640. The molecule has 3 nitrogen and oxygen atoms in total. The molecule has 0 heterocycles. The van der Waals surface area contributed by atoms with Crippen molar-refractivity contribution in [2.75, 3.05) is 0 Å². The number of alkyl halides is 3. The molecule has 0 aliphatic carbocycles. The second kappa shape index (κ2) is 5.80. The van der Waals surface area contributed by atoms with Crippen LogP contribution in [0.1, 0.15) is 12.5 Å². The van der Waals surface area contributed by atoms with Gasteiger partial charge < -0.3 is 9.47 Å². The van der Waals surface area contributed by atoms with Crippen molar-refractivity contribution in [3.05, 3.63) is 29.8 Å². The van der Waals surface area contributed by atoms with Crippen LogP contribution in [0.3, 0.4) is 0 Å². The molecule has 94 valence electrons. The van der Waals surface area contributed by atoms with Crippen molar-refractivity contribution in [2.45, 2.75) is 23.9 Å². The topological polar surface area (TPSA) is 35.5 Å². The maximum atomic E-state index is 10.9. The Kier molecular flexibility index (Phi) is 4.92. The molecule has 1 atom stereocenters. The van der Waals surface area contributed by atoms with E-state index in [1.165, 1.54) is 6.92 Å². The van der Waals surface area contributed by atoms with E-state index in [-0.39, 0.29) is 0 Å². The number of ether oxygens (including phenoxy) is 2. The van der Waals surface area contributed by atoms with Gasteiger partial charge in [-0.05, 0) is 24.6 Å². The maximum Gasteiger partial charge on any atom is 0.305 e. The molecule has 0 saturated heterocycles. The minimum absolute atomic E-state index is 0.461. The average molecular weight is 298 g/mol. The molecule has 0 N–H and O–H groups in total. The van der Waals surface area contributed by atoms with E-state index in [1.807, 2.05) is 13.0 Å². The van der Waals surface area contributed by atoms with E-state index in [1.54, 1.807) is 18.2 Å². The van der Waals surface area contributed by atoms with Crippen LogP contribution >= 0.6 is 34.8 Å². The van der Waals surface area contributed by atoms with Gasteiger partial charge in [-0.15, -0.1) is 0 Å². The second-order valence-electron chi connectivity index (χ2n) is 3.42. The van der Waals surface area contributed by atoms with Crippen LogP contribution < -0.4 is 4.74 Å². The van der Waals surface area contributed by atoms with Crippen molar-refractivity contribution < 1.29 is 14.3 Å². The van der Waals surface area contributed by atoms with Gasteiger partial charge in [-0.25, -0.2) is 0 Å². The van der Waals surface area contributed by atoms with E-state index >= 15 is 0 Å². The predicted molar refractivity (Wildman–Crippen MR) is 67.7 cm³/mol. The summed E-state index contributed by atoms with van der Waals surface area (Å²) in [6.07, 6.45) is -1.29. The number of carbonyl (C=O) groups excluding carboxylic acids is 1. The first-order valence-electron chi connectivity index (χ1n) is 4.76. The third-order valence-corrected chi connectivity index (χ3v) is 2.31. The molecule has 0 aromatic heterocycles. The van der Waals surface area contributed by atoms with Gasteiger partial charge in [0.2, 0.25) is 0 Å². The molecular formula is C11H11Cl3O3. The predicted octanol–water partition coefficient (Wildman–Crippen LogP) is 3.63. The molecular weight excluding hydrogens is 286 g/mol. The summed E-state index contributed by atoms with van der Waals surface area (Å²) in [5, 5.41) is 0. The first-order valence-corrected chi connectivity index (χ1v) is 5.89. The van der Waals surface area contributed by atoms with Crippen LogP contribution in [0.25, 0.3) is 0 Å². The number of aryl methyl sites for hydroxylation is 1. The summed E-state index contributed by atoms with van der Waals surface area (Å²) in [5.41, 5.74) is 0.980. The summed E-state index contributed by atoms with van der Waals surface area (Å²) >= 11 is 17.0. The molecule has 1 aromatic carbocycles. The van der Waals surface area contributed by atoms with Crippen LogP contribution in [-0.4, -0.2) is 16.1 Å². The van der Waals surface area contributed by atoms with Crippen molar-refractivity contribution >= 4 is 40.8 Å². The van der Waals surface area contributed by atoms with Gasteiger partial charge in [0.15, 0.2) is 0 Å². The monoisotopic (exact) mass is 296 g/mol. The Labute approximate surface area is 115 Å². The highest BCUT2D eigenvalue weighted by atomic mass is 35.6. The molecule has 1 rings (SSSR count). The lowest BCUT2D eigenvalue weighted by Crippen LogP contribution is -2.35. The SMILES string of the molecule is CC(=O)OC(Oc1cccc(C)c1)C(Cl)(Cl)Cl. The molecule has 1 unspecified atom stereocenters. The van der Waals surface area contributed by atoms with Gasteiger partial charge in [-0.2, -0.15) is 0 Å². The summed E-state index contributed by atoms with van der Waals surface area (Å²) in [4.78, 5) is 10.9. The summed E-state index contributed by atoms with van der Waals surface area (Å²) < 4.78 is 8.28. The highest BCUT2D eigenvalue weighted by Crippen LogP contribution is 2.34. The van der Waals surface area contributed by atoms with Crippen molar-refractivity contribution in [1.82, 2.24) is 0 Å². The minimum Gasteiger partial charge on any atom is -0.450 e. The fraction of sp³-hybridized carbons (Fsp3) is 0.364. The lowest BCUT2D eigenvalue weighted by Gasteiger charge is -2.24. The van der Waals surface area contributed by atoms with Crippen molar-refractivity contribution in [2.24, 2.45) is 0 Å². The van der Waals surface area contributed by atoms with Gasteiger partial charge in [0.1, 0.15) is 5.75 Å². The smallest absolute Gasteiger partial charge is 0.305 e. The molecule has 0 aliphatic rings. The van der Waals surface area contributed by atoms with Gasteiger partial charge in [0.25, 0.3) is 10.1 Å². The van der Waals surface area contributed by atoms with Crippen molar-refractivity contribution in [3.8, 4) is 5.75 Å². The molecule has 1 aromatic rings. The number of hydrogen-bond donors (Lipinski definition) is 0. The zero-order valence-electron chi connectivity index (χ0n) is 9.25. The second-order valence-corrected chi connectivity index (χ2v) is 5.79. The molecule has 0 spiro atoms. The van der Waals surface area contributed by atoms with Crippen LogP contribution in [0.15, 0.2) is 24.3 Å². The fourth-order valence-electron chi connectivity index (χ4n) is 1.12. The average Bonchev–Trinajstić information content (AvgIpc) is 2.14. The van der Waals surface area contributed by atoms with E-state index in [4.69, 9.17) is 44.3 Å². The van der Waals surface area contributed by atoms with Crippen LogP contribution in [0.4, 0.5) is 0 Å². The maximum absolute atomic E-state index is 10.9. The first-order chi connectivity index (χ1) is 7.79. The number of hydrogen-bond acceptors (Lipinski definition) is 3. The van der Waals surface area contributed by atoms with E-state index < -0.39 is 16.1 Å². The Bertz CT molecular complexity index is 401. The zero-order chi connectivity index (χ0) is 13.1. The van der Waals surface area contributed by atoms with Gasteiger partial charge in [-0.1, -0.05) is 46.9 Å². The summed E-state index contributed by atoms with van der Waals surface area (Å²) in [7, 11) is 0. The minimum atomic E-state index is -1.85. The van der Waals surface area contributed by atoms with Gasteiger partial charge in [0, 0.05) is 6.92 Å². The van der Waals surface area contributed by atoms with E-state index in [2.05, 4.69) is 0 Å². The number of esters is 1. The molecule has 0 saturated carbocycles. The standard InChI is InChI=1S/C11H11Cl3O3/c1-7-4-3-5-9(6-7)17-10(11(12,13)14)16-8(2)15/h3-6,10H,1-2H3. The van der Waals surface area contributed by atoms with E-state index in [9.17, 15) is 4.79 Å². The molecule has 0 aliphatic heterocycles. The lowest BCUT2D eigenvalue weighted by atomic mass is 10.2. The van der Waals surface area contributed by atoms with Crippen LogP contribution in [-0.2, 0) is 9.53 Å². The third-order valence-electron chi connectivity index (χ3n) is 1.77. The summed E-state index contributed by atoms with van der Waals surface area (Å²) in [6, 6.07) is 7.10. The largest absolute Gasteiger partial charge is 0.450 e. The molecule has 17 heavy (non-hydrogen) atoms. The van der Waals surface area contributed by atoms with Crippen molar-refractivity contribution in [1.29, 1.82) is 0 Å². The Balaban J connectivity index is 2.83. The van der Waals surface area contributed by atoms with E-state index in [0.717, 1.165) is 5.56 Å². The van der Waals surface area contributed by atoms with Crippen LogP contribution in [0.2, 0.25) is 0 Å². The molecule has 0 bridgehead atoms. The Morgan fingerprint density at radius 1 is 1.35 bits per heavy atom. The lowest BCUT2D eigenvalue weighted by molar-refractivity contribution is -0.160. The fourth-order valence-corrected chi connectivity index (χ4v) is 1.39.